The molecule has 0 spiro atoms. The first-order valence-electron chi connectivity index (χ1n) is 4.73. The SMILES string of the molecule is COC(=O)c1sc(-c2cc(Cl)ccc2Cl)nc1Cl. The third-order valence-corrected chi connectivity index (χ3v) is 4.13. The summed E-state index contributed by atoms with van der Waals surface area (Å²) in [7, 11) is 1.28. The number of benzene rings is 1. The number of hydrogen-bond acceptors (Lipinski definition) is 4. The second-order valence-corrected chi connectivity index (χ2v) is 5.46. The fourth-order valence-electron chi connectivity index (χ4n) is 1.30. The molecule has 0 amide bonds. The fourth-order valence-corrected chi connectivity index (χ4v) is 2.97. The van der Waals surface area contributed by atoms with Crippen molar-refractivity contribution >= 4 is 52.1 Å². The number of carbonyl (C=O) groups excluding carboxylic acids is 1. The summed E-state index contributed by atoms with van der Waals surface area (Å²) in [4.78, 5) is 15.8. The van der Waals surface area contributed by atoms with Gasteiger partial charge in [-0.15, -0.1) is 11.3 Å². The Morgan fingerprint density at radius 1 is 1.33 bits per heavy atom. The summed E-state index contributed by atoms with van der Waals surface area (Å²) >= 11 is 18.9. The van der Waals surface area contributed by atoms with Crippen LogP contribution in [0.25, 0.3) is 10.6 Å². The van der Waals surface area contributed by atoms with Gasteiger partial charge in [-0.05, 0) is 18.2 Å². The van der Waals surface area contributed by atoms with Crippen LogP contribution >= 0.6 is 46.1 Å². The summed E-state index contributed by atoms with van der Waals surface area (Å²) in [6.45, 7) is 0. The number of carbonyl (C=O) groups is 1. The molecule has 0 N–H and O–H groups in total. The monoisotopic (exact) mass is 321 g/mol. The van der Waals surface area contributed by atoms with Gasteiger partial charge in [0.1, 0.15) is 5.01 Å². The topological polar surface area (TPSA) is 39.2 Å². The van der Waals surface area contributed by atoms with E-state index in [1.165, 1.54) is 7.11 Å². The molecule has 1 aromatic carbocycles. The minimum Gasteiger partial charge on any atom is -0.465 e. The zero-order valence-electron chi connectivity index (χ0n) is 9.04. The molecule has 0 aliphatic rings. The predicted octanol–water partition coefficient (Wildman–Crippen LogP) is 4.56. The second-order valence-electron chi connectivity index (χ2n) is 3.25. The average Bonchev–Trinajstić information content (AvgIpc) is 2.73. The summed E-state index contributed by atoms with van der Waals surface area (Å²) in [6.07, 6.45) is 0. The van der Waals surface area contributed by atoms with Crippen LogP contribution in [0.2, 0.25) is 15.2 Å². The van der Waals surface area contributed by atoms with Gasteiger partial charge in [-0.3, -0.25) is 0 Å². The number of hydrogen-bond donors (Lipinski definition) is 0. The van der Waals surface area contributed by atoms with E-state index in [0.29, 0.717) is 20.6 Å². The van der Waals surface area contributed by atoms with E-state index < -0.39 is 5.97 Å². The molecule has 1 heterocycles. The maximum atomic E-state index is 11.4. The van der Waals surface area contributed by atoms with Crippen LogP contribution in [-0.4, -0.2) is 18.1 Å². The lowest BCUT2D eigenvalue weighted by Gasteiger charge is -2.00. The Bertz CT molecular complexity index is 612. The van der Waals surface area contributed by atoms with Crippen molar-refractivity contribution in [3.63, 3.8) is 0 Å². The lowest BCUT2D eigenvalue weighted by atomic mass is 10.2. The van der Waals surface area contributed by atoms with Crippen LogP contribution in [0.15, 0.2) is 18.2 Å². The predicted molar refractivity (Wildman–Crippen MR) is 73.9 cm³/mol. The van der Waals surface area contributed by atoms with Gasteiger partial charge in [0.15, 0.2) is 10.0 Å². The van der Waals surface area contributed by atoms with Gasteiger partial charge in [-0.2, -0.15) is 0 Å². The fraction of sp³-hybridized carbons (Fsp3) is 0.0909. The van der Waals surface area contributed by atoms with E-state index in [0.717, 1.165) is 11.3 Å². The quantitative estimate of drug-likeness (QED) is 0.761. The first-order valence-corrected chi connectivity index (χ1v) is 6.68. The summed E-state index contributed by atoms with van der Waals surface area (Å²) in [5.41, 5.74) is 0.631. The van der Waals surface area contributed by atoms with E-state index in [4.69, 9.17) is 34.8 Å². The number of aromatic nitrogens is 1. The van der Waals surface area contributed by atoms with Crippen molar-refractivity contribution in [3.8, 4) is 10.6 Å². The van der Waals surface area contributed by atoms with Crippen LogP contribution < -0.4 is 0 Å². The van der Waals surface area contributed by atoms with Gasteiger partial charge < -0.3 is 4.74 Å². The molecule has 94 valence electrons. The highest BCUT2D eigenvalue weighted by Gasteiger charge is 2.19. The minimum atomic E-state index is -0.526. The molecule has 0 fully saturated rings. The van der Waals surface area contributed by atoms with Gasteiger partial charge in [0.05, 0.1) is 12.1 Å². The van der Waals surface area contributed by atoms with E-state index in [9.17, 15) is 4.79 Å². The van der Waals surface area contributed by atoms with Crippen molar-refractivity contribution in [1.82, 2.24) is 4.98 Å². The molecule has 7 heteroatoms. The van der Waals surface area contributed by atoms with Gasteiger partial charge in [0, 0.05) is 10.6 Å². The third-order valence-electron chi connectivity index (χ3n) is 2.12. The molecular weight excluding hydrogens is 317 g/mol. The Labute approximate surface area is 122 Å². The number of halogens is 3. The van der Waals surface area contributed by atoms with Crippen LogP contribution in [0, 0.1) is 0 Å². The van der Waals surface area contributed by atoms with Gasteiger partial charge in [0.25, 0.3) is 0 Å². The van der Waals surface area contributed by atoms with Crippen LogP contribution in [0.4, 0.5) is 0 Å². The van der Waals surface area contributed by atoms with Crippen LogP contribution in [0.5, 0.6) is 0 Å². The molecule has 1 aromatic heterocycles. The van der Waals surface area contributed by atoms with Gasteiger partial charge in [0.2, 0.25) is 0 Å². The zero-order valence-corrected chi connectivity index (χ0v) is 12.1. The van der Waals surface area contributed by atoms with Crippen molar-refractivity contribution in [2.75, 3.05) is 7.11 Å². The van der Waals surface area contributed by atoms with E-state index in [1.54, 1.807) is 18.2 Å². The molecule has 0 unspecified atom stereocenters. The maximum absolute atomic E-state index is 11.4. The highest BCUT2D eigenvalue weighted by atomic mass is 35.5. The molecular formula is C11H6Cl3NO2S. The van der Waals surface area contributed by atoms with Gasteiger partial charge in [-0.25, -0.2) is 9.78 Å². The Kier molecular flexibility index (Phi) is 4.12. The molecule has 0 aliphatic heterocycles. The van der Waals surface area contributed by atoms with Crippen molar-refractivity contribution < 1.29 is 9.53 Å². The van der Waals surface area contributed by atoms with E-state index in [1.807, 2.05) is 0 Å². The van der Waals surface area contributed by atoms with Crippen LogP contribution in [0.3, 0.4) is 0 Å². The normalized spacial score (nSPS) is 10.4. The standard InChI is InChI=1S/C11H6Cl3NO2S/c1-17-11(16)8-9(14)15-10(18-8)6-4-5(12)2-3-7(6)13/h2-4H,1H3. The van der Waals surface area contributed by atoms with Crippen LogP contribution in [0.1, 0.15) is 9.67 Å². The Morgan fingerprint density at radius 3 is 2.72 bits per heavy atom. The summed E-state index contributed by atoms with van der Waals surface area (Å²) < 4.78 is 4.61. The summed E-state index contributed by atoms with van der Waals surface area (Å²) in [5.74, 6) is -0.526. The highest BCUT2D eigenvalue weighted by Crippen LogP contribution is 2.36. The van der Waals surface area contributed by atoms with Crippen molar-refractivity contribution in [2.24, 2.45) is 0 Å². The number of nitrogens with zero attached hydrogens (tertiary/aromatic N) is 1. The Balaban J connectivity index is 2.52. The molecule has 0 saturated heterocycles. The lowest BCUT2D eigenvalue weighted by molar-refractivity contribution is 0.0606. The molecule has 3 nitrogen and oxygen atoms in total. The maximum Gasteiger partial charge on any atom is 0.351 e. The van der Waals surface area contributed by atoms with Gasteiger partial charge >= 0.3 is 5.97 Å². The molecule has 0 atom stereocenters. The number of thiazole rings is 1. The second kappa shape index (κ2) is 5.45. The molecule has 0 aliphatic carbocycles. The highest BCUT2D eigenvalue weighted by molar-refractivity contribution is 7.17. The number of rotatable bonds is 2. The van der Waals surface area contributed by atoms with Gasteiger partial charge in [-0.1, -0.05) is 34.8 Å². The number of methoxy groups -OCH3 is 1. The van der Waals surface area contributed by atoms with E-state index in [2.05, 4.69) is 9.72 Å². The van der Waals surface area contributed by atoms with Crippen molar-refractivity contribution in [3.05, 3.63) is 38.3 Å². The third kappa shape index (κ3) is 2.62. The molecule has 0 bridgehead atoms. The smallest absolute Gasteiger partial charge is 0.351 e. The van der Waals surface area contributed by atoms with Crippen molar-refractivity contribution in [2.45, 2.75) is 0 Å². The molecule has 18 heavy (non-hydrogen) atoms. The number of ether oxygens (including phenoxy) is 1. The van der Waals surface area contributed by atoms with E-state index >= 15 is 0 Å². The average molecular weight is 323 g/mol. The lowest BCUT2D eigenvalue weighted by Crippen LogP contribution is -1.98. The van der Waals surface area contributed by atoms with Crippen LogP contribution in [-0.2, 0) is 4.74 Å². The first-order chi connectivity index (χ1) is 8.52. The first kappa shape index (κ1) is 13.6. The Hall–Kier alpha value is -0.810. The Morgan fingerprint density at radius 2 is 2.06 bits per heavy atom. The van der Waals surface area contributed by atoms with Crippen molar-refractivity contribution in [1.29, 1.82) is 0 Å². The minimum absolute atomic E-state index is 0.0953. The largest absolute Gasteiger partial charge is 0.465 e. The summed E-state index contributed by atoms with van der Waals surface area (Å²) in [6, 6.07) is 5.00. The zero-order chi connectivity index (χ0) is 13.3. The number of esters is 1. The molecule has 2 aromatic rings. The molecule has 0 saturated carbocycles. The molecule has 2 rings (SSSR count). The summed E-state index contributed by atoms with van der Waals surface area (Å²) in [5, 5.41) is 1.63. The molecule has 0 radical (unpaired) electrons. The van der Waals surface area contributed by atoms with E-state index in [-0.39, 0.29) is 10.0 Å².